The first-order valence-corrected chi connectivity index (χ1v) is 7.31. The highest BCUT2D eigenvalue weighted by Crippen LogP contribution is 2.16. The zero-order valence-corrected chi connectivity index (χ0v) is 12.0. The number of imidazole rings is 1. The Bertz CT molecular complexity index is 699. The molecule has 0 fully saturated rings. The monoisotopic (exact) mass is 285 g/mol. The maximum Gasteiger partial charge on any atom is 0.271 e. The normalized spacial score (nSPS) is 10.8. The third-order valence-electron chi connectivity index (χ3n) is 3.05. The predicted octanol–water partition coefficient (Wildman–Crippen LogP) is 2.68. The SMILES string of the molecule is Cc1cn2cc(C(=O)NCCc3ccccc3)nc2s1. The number of aromatic nitrogens is 2. The van der Waals surface area contributed by atoms with Crippen LogP contribution in [0.5, 0.6) is 0 Å². The molecule has 3 rings (SSSR count). The molecule has 1 amide bonds. The van der Waals surface area contributed by atoms with Gasteiger partial charge in [-0.15, -0.1) is 11.3 Å². The van der Waals surface area contributed by atoms with Gasteiger partial charge >= 0.3 is 0 Å². The summed E-state index contributed by atoms with van der Waals surface area (Å²) in [5, 5.41) is 2.90. The molecule has 4 nitrogen and oxygen atoms in total. The van der Waals surface area contributed by atoms with Crippen LogP contribution in [-0.2, 0) is 6.42 Å². The molecular weight excluding hydrogens is 270 g/mol. The van der Waals surface area contributed by atoms with Gasteiger partial charge in [-0.3, -0.25) is 9.20 Å². The molecule has 0 aliphatic rings. The minimum absolute atomic E-state index is 0.116. The van der Waals surface area contributed by atoms with Gasteiger partial charge < -0.3 is 5.32 Å². The van der Waals surface area contributed by atoms with Crippen LogP contribution in [0, 0.1) is 6.92 Å². The van der Waals surface area contributed by atoms with Crippen LogP contribution >= 0.6 is 11.3 Å². The number of rotatable bonds is 4. The van der Waals surface area contributed by atoms with E-state index in [1.54, 1.807) is 17.5 Å². The first-order valence-electron chi connectivity index (χ1n) is 6.49. The standard InChI is InChI=1S/C15H15N3OS/c1-11-9-18-10-13(17-15(18)20-11)14(19)16-8-7-12-5-3-2-4-6-12/h2-6,9-10H,7-8H2,1H3,(H,16,19). The molecule has 3 aromatic rings. The van der Waals surface area contributed by atoms with Crippen molar-refractivity contribution in [3.63, 3.8) is 0 Å². The molecule has 1 aromatic carbocycles. The molecule has 102 valence electrons. The van der Waals surface area contributed by atoms with Crippen molar-refractivity contribution in [2.75, 3.05) is 6.54 Å². The smallest absolute Gasteiger partial charge is 0.271 e. The van der Waals surface area contributed by atoms with E-state index in [-0.39, 0.29) is 5.91 Å². The van der Waals surface area contributed by atoms with E-state index in [9.17, 15) is 4.79 Å². The Morgan fingerprint density at radius 3 is 2.85 bits per heavy atom. The van der Waals surface area contributed by atoms with Crippen molar-refractivity contribution < 1.29 is 4.79 Å². The Morgan fingerprint density at radius 2 is 2.10 bits per heavy atom. The van der Waals surface area contributed by atoms with E-state index in [1.165, 1.54) is 10.4 Å². The summed E-state index contributed by atoms with van der Waals surface area (Å²) in [7, 11) is 0. The van der Waals surface area contributed by atoms with Crippen molar-refractivity contribution in [3.8, 4) is 0 Å². The minimum Gasteiger partial charge on any atom is -0.350 e. The van der Waals surface area contributed by atoms with Crippen LogP contribution in [-0.4, -0.2) is 21.8 Å². The molecule has 1 N–H and O–H groups in total. The largest absolute Gasteiger partial charge is 0.350 e. The minimum atomic E-state index is -0.116. The van der Waals surface area contributed by atoms with Gasteiger partial charge in [0.2, 0.25) is 0 Å². The maximum absolute atomic E-state index is 12.0. The first kappa shape index (κ1) is 12.9. The Labute approximate surface area is 121 Å². The second-order valence-electron chi connectivity index (χ2n) is 4.65. The summed E-state index contributed by atoms with van der Waals surface area (Å²) >= 11 is 1.58. The van der Waals surface area contributed by atoms with Crippen molar-refractivity contribution >= 4 is 22.2 Å². The van der Waals surface area contributed by atoms with Crippen LogP contribution in [0.3, 0.4) is 0 Å². The zero-order valence-electron chi connectivity index (χ0n) is 11.2. The quantitative estimate of drug-likeness (QED) is 0.801. The van der Waals surface area contributed by atoms with Crippen LogP contribution < -0.4 is 5.32 Å². The number of hydrogen-bond donors (Lipinski definition) is 1. The Kier molecular flexibility index (Phi) is 3.52. The Balaban J connectivity index is 1.60. The third kappa shape index (κ3) is 2.72. The molecule has 0 radical (unpaired) electrons. The van der Waals surface area contributed by atoms with Crippen molar-refractivity contribution in [1.82, 2.24) is 14.7 Å². The Morgan fingerprint density at radius 1 is 1.30 bits per heavy atom. The van der Waals surface area contributed by atoms with Gasteiger partial charge in [0.1, 0.15) is 5.69 Å². The van der Waals surface area contributed by atoms with Gasteiger partial charge in [-0.05, 0) is 18.9 Å². The second kappa shape index (κ2) is 5.46. The molecule has 0 bridgehead atoms. The lowest BCUT2D eigenvalue weighted by Gasteiger charge is -2.03. The van der Waals surface area contributed by atoms with Gasteiger partial charge in [-0.1, -0.05) is 30.3 Å². The van der Waals surface area contributed by atoms with E-state index in [2.05, 4.69) is 22.4 Å². The summed E-state index contributed by atoms with van der Waals surface area (Å²) in [6, 6.07) is 10.1. The summed E-state index contributed by atoms with van der Waals surface area (Å²) in [6.45, 7) is 2.64. The van der Waals surface area contributed by atoms with Gasteiger partial charge in [0.15, 0.2) is 4.96 Å². The highest BCUT2D eigenvalue weighted by molar-refractivity contribution is 7.17. The lowest BCUT2D eigenvalue weighted by atomic mass is 10.1. The van der Waals surface area contributed by atoms with Gasteiger partial charge in [0, 0.05) is 23.8 Å². The van der Waals surface area contributed by atoms with E-state index in [4.69, 9.17) is 0 Å². The fraction of sp³-hybridized carbons (Fsp3) is 0.200. The van der Waals surface area contributed by atoms with Gasteiger partial charge in [0.05, 0.1) is 0 Å². The fourth-order valence-corrected chi connectivity index (χ4v) is 2.88. The number of aryl methyl sites for hydroxylation is 1. The molecule has 0 atom stereocenters. The average Bonchev–Trinajstić information content (AvgIpc) is 2.97. The number of benzene rings is 1. The van der Waals surface area contributed by atoms with Crippen LogP contribution in [0.4, 0.5) is 0 Å². The number of hydrogen-bond acceptors (Lipinski definition) is 3. The molecule has 0 aliphatic heterocycles. The number of nitrogens with one attached hydrogen (secondary N) is 1. The number of fused-ring (bicyclic) bond motifs is 1. The summed E-state index contributed by atoms with van der Waals surface area (Å²) < 4.78 is 1.89. The molecule has 0 saturated carbocycles. The molecule has 20 heavy (non-hydrogen) atoms. The molecule has 2 heterocycles. The molecule has 0 unspecified atom stereocenters. The van der Waals surface area contributed by atoms with Crippen molar-refractivity contribution in [1.29, 1.82) is 0 Å². The van der Waals surface area contributed by atoms with Crippen LogP contribution in [0.25, 0.3) is 4.96 Å². The van der Waals surface area contributed by atoms with Crippen molar-refractivity contribution in [2.24, 2.45) is 0 Å². The van der Waals surface area contributed by atoms with E-state index < -0.39 is 0 Å². The number of carbonyl (C=O) groups excluding carboxylic acids is 1. The number of carbonyl (C=O) groups is 1. The number of amides is 1. The predicted molar refractivity (Wildman–Crippen MR) is 80.3 cm³/mol. The highest BCUT2D eigenvalue weighted by atomic mass is 32.1. The maximum atomic E-state index is 12.0. The fourth-order valence-electron chi connectivity index (χ4n) is 2.08. The molecule has 2 aromatic heterocycles. The van der Waals surface area contributed by atoms with E-state index in [0.29, 0.717) is 12.2 Å². The molecule has 0 spiro atoms. The van der Waals surface area contributed by atoms with E-state index in [0.717, 1.165) is 11.4 Å². The van der Waals surface area contributed by atoms with Crippen molar-refractivity contribution in [2.45, 2.75) is 13.3 Å². The number of nitrogens with zero attached hydrogens (tertiary/aromatic N) is 2. The van der Waals surface area contributed by atoms with Crippen LogP contribution in [0.15, 0.2) is 42.7 Å². The lowest BCUT2D eigenvalue weighted by molar-refractivity contribution is 0.0950. The van der Waals surface area contributed by atoms with Crippen LogP contribution in [0.1, 0.15) is 20.9 Å². The van der Waals surface area contributed by atoms with E-state index >= 15 is 0 Å². The topological polar surface area (TPSA) is 46.4 Å². The van der Waals surface area contributed by atoms with Crippen LogP contribution in [0.2, 0.25) is 0 Å². The third-order valence-corrected chi connectivity index (χ3v) is 3.96. The first-order chi connectivity index (χ1) is 9.72. The molecule has 0 saturated heterocycles. The zero-order chi connectivity index (χ0) is 13.9. The second-order valence-corrected chi connectivity index (χ2v) is 5.86. The summed E-state index contributed by atoms with van der Waals surface area (Å²) in [6.07, 6.45) is 4.58. The highest BCUT2D eigenvalue weighted by Gasteiger charge is 2.11. The van der Waals surface area contributed by atoms with E-state index in [1.807, 2.05) is 35.7 Å². The number of thiazole rings is 1. The lowest BCUT2D eigenvalue weighted by Crippen LogP contribution is -2.25. The van der Waals surface area contributed by atoms with Gasteiger partial charge in [-0.2, -0.15) is 0 Å². The molecule has 0 aliphatic carbocycles. The summed E-state index contributed by atoms with van der Waals surface area (Å²) in [5.41, 5.74) is 1.69. The summed E-state index contributed by atoms with van der Waals surface area (Å²) in [4.78, 5) is 18.4. The van der Waals surface area contributed by atoms with Gasteiger partial charge in [0.25, 0.3) is 5.91 Å². The average molecular weight is 285 g/mol. The molecule has 5 heteroatoms. The molecular formula is C15H15N3OS. The summed E-state index contributed by atoms with van der Waals surface area (Å²) in [5.74, 6) is -0.116. The van der Waals surface area contributed by atoms with Gasteiger partial charge in [-0.25, -0.2) is 4.98 Å². The van der Waals surface area contributed by atoms with Crippen molar-refractivity contribution in [3.05, 3.63) is 58.9 Å². The Hall–Kier alpha value is -2.14.